The van der Waals surface area contributed by atoms with Gasteiger partial charge in [-0.15, -0.1) is 0 Å². The smallest absolute Gasteiger partial charge is 0.218 e. The zero-order valence-corrected chi connectivity index (χ0v) is 13.3. The second kappa shape index (κ2) is 8.02. The average molecular weight is 298 g/mol. The highest BCUT2D eigenvalue weighted by Crippen LogP contribution is 2.12. The standard InChI is InChI=1S/C17H22N4O/c1-13-6-8-14(9-7-13)11-20-17(18-2)21-12-15-5-4-10-19-16(15)22-3/h4-10H,11-12H2,1-3H3,(H2,18,20,21). The number of aromatic nitrogens is 1. The second-order valence-electron chi connectivity index (χ2n) is 4.94. The maximum atomic E-state index is 5.24. The summed E-state index contributed by atoms with van der Waals surface area (Å²) in [6.07, 6.45) is 1.72. The molecule has 5 nitrogen and oxygen atoms in total. The molecule has 2 aromatic rings. The fourth-order valence-electron chi connectivity index (χ4n) is 2.03. The van der Waals surface area contributed by atoms with Gasteiger partial charge in [0.1, 0.15) is 0 Å². The van der Waals surface area contributed by atoms with Gasteiger partial charge >= 0.3 is 0 Å². The summed E-state index contributed by atoms with van der Waals surface area (Å²) in [4.78, 5) is 8.40. The Balaban J connectivity index is 1.88. The van der Waals surface area contributed by atoms with E-state index in [-0.39, 0.29) is 0 Å². The Morgan fingerprint density at radius 2 is 1.86 bits per heavy atom. The van der Waals surface area contributed by atoms with Crippen LogP contribution < -0.4 is 15.4 Å². The first-order valence-electron chi connectivity index (χ1n) is 7.21. The highest BCUT2D eigenvalue weighted by molar-refractivity contribution is 5.79. The third-order valence-electron chi connectivity index (χ3n) is 3.29. The first-order chi connectivity index (χ1) is 10.7. The van der Waals surface area contributed by atoms with Gasteiger partial charge < -0.3 is 15.4 Å². The molecular weight excluding hydrogens is 276 g/mol. The van der Waals surface area contributed by atoms with Gasteiger partial charge in [-0.05, 0) is 18.6 Å². The van der Waals surface area contributed by atoms with Crippen LogP contribution >= 0.6 is 0 Å². The van der Waals surface area contributed by atoms with E-state index >= 15 is 0 Å². The quantitative estimate of drug-likeness (QED) is 0.657. The van der Waals surface area contributed by atoms with Crippen molar-refractivity contribution in [3.8, 4) is 5.88 Å². The van der Waals surface area contributed by atoms with Crippen LogP contribution in [0.1, 0.15) is 16.7 Å². The predicted molar refractivity (Wildman–Crippen MR) is 89.0 cm³/mol. The van der Waals surface area contributed by atoms with E-state index in [4.69, 9.17) is 4.74 Å². The minimum atomic E-state index is 0.602. The van der Waals surface area contributed by atoms with Gasteiger partial charge in [0, 0.05) is 31.9 Å². The molecule has 22 heavy (non-hydrogen) atoms. The number of guanidine groups is 1. The zero-order valence-electron chi connectivity index (χ0n) is 13.3. The summed E-state index contributed by atoms with van der Waals surface area (Å²) in [7, 11) is 3.38. The molecule has 0 aliphatic carbocycles. The highest BCUT2D eigenvalue weighted by Gasteiger charge is 2.04. The molecule has 0 amide bonds. The van der Waals surface area contributed by atoms with Gasteiger partial charge in [0.25, 0.3) is 0 Å². The molecule has 0 fully saturated rings. The van der Waals surface area contributed by atoms with E-state index in [1.165, 1.54) is 11.1 Å². The third kappa shape index (κ3) is 4.48. The van der Waals surface area contributed by atoms with E-state index in [1.54, 1.807) is 20.4 Å². The van der Waals surface area contributed by atoms with E-state index in [0.717, 1.165) is 18.1 Å². The van der Waals surface area contributed by atoms with Crippen molar-refractivity contribution >= 4 is 5.96 Å². The summed E-state index contributed by atoms with van der Waals surface area (Å²) >= 11 is 0. The molecule has 1 aromatic heterocycles. The molecule has 0 atom stereocenters. The van der Waals surface area contributed by atoms with E-state index in [9.17, 15) is 0 Å². The van der Waals surface area contributed by atoms with Crippen LogP contribution in [0, 0.1) is 6.92 Å². The lowest BCUT2D eigenvalue weighted by atomic mass is 10.1. The maximum absolute atomic E-state index is 5.24. The topological polar surface area (TPSA) is 58.5 Å². The molecule has 0 bridgehead atoms. The molecule has 2 rings (SSSR count). The molecule has 0 saturated carbocycles. The van der Waals surface area contributed by atoms with Crippen molar-refractivity contribution in [3.05, 3.63) is 59.3 Å². The van der Waals surface area contributed by atoms with E-state index in [1.807, 2.05) is 12.1 Å². The Kier molecular flexibility index (Phi) is 5.77. The van der Waals surface area contributed by atoms with Gasteiger partial charge in [-0.25, -0.2) is 4.98 Å². The molecule has 0 saturated heterocycles. The van der Waals surface area contributed by atoms with Crippen LogP contribution in [0.4, 0.5) is 0 Å². The second-order valence-corrected chi connectivity index (χ2v) is 4.94. The Labute approximate surface area is 131 Å². The zero-order chi connectivity index (χ0) is 15.8. The largest absolute Gasteiger partial charge is 0.481 e. The summed E-state index contributed by atoms with van der Waals surface area (Å²) < 4.78 is 5.24. The van der Waals surface area contributed by atoms with Crippen LogP contribution in [-0.4, -0.2) is 25.1 Å². The fourth-order valence-corrected chi connectivity index (χ4v) is 2.03. The van der Waals surface area contributed by atoms with E-state index in [2.05, 4.69) is 51.8 Å². The number of nitrogens with zero attached hydrogens (tertiary/aromatic N) is 2. The molecule has 116 valence electrons. The number of benzene rings is 1. The minimum absolute atomic E-state index is 0.602. The van der Waals surface area contributed by atoms with Gasteiger partial charge in [0.15, 0.2) is 5.96 Å². The third-order valence-corrected chi connectivity index (χ3v) is 3.29. The Morgan fingerprint density at radius 3 is 2.55 bits per heavy atom. The molecular formula is C17H22N4O. The van der Waals surface area contributed by atoms with Gasteiger partial charge in [0.05, 0.1) is 7.11 Å². The molecule has 1 heterocycles. The Hall–Kier alpha value is -2.56. The summed E-state index contributed by atoms with van der Waals surface area (Å²) in [5, 5.41) is 6.55. The molecule has 0 aliphatic rings. The average Bonchev–Trinajstić information content (AvgIpc) is 2.57. The normalized spacial score (nSPS) is 11.1. The van der Waals surface area contributed by atoms with E-state index in [0.29, 0.717) is 12.4 Å². The monoisotopic (exact) mass is 298 g/mol. The lowest BCUT2D eigenvalue weighted by molar-refractivity contribution is 0.392. The van der Waals surface area contributed by atoms with Crippen LogP contribution in [0.3, 0.4) is 0 Å². The molecule has 5 heteroatoms. The maximum Gasteiger partial charge on any atom is 0.218 e. The van der Waals surface area contributed by atoms with Crippen LogP contribution in [-0.2, 0) is 13.1 Å². The first-order valence-corrected chi connectivity index (χ1v) is 7.21. The number of nitrogens with one attached hydrogen (secondary N) is 2. The van der Waals surface area contributed by atoms with Gasteiger partial charge in [0.2, 0.25) is 5.88 Å². The number of hydrogen-bond acceptors (Lipinski definition) is 3. The Bertz CT molecular complexity index is 623. The number of hydrogen-bond donors (Lipinski definition) is 2. The fraction of sp³-hybridized carbons (Fsp3) is 0.294. The van der Waals surface area contributed by atoms with Gasteiger partial charge in [-0.3, -0.25) is 4.99 Å². The number of methoxy groups -OCH3 is 1. The number of rotatable bonds is 5. The molecule has 0 unspecified atom stereocenters. The number of aliphatic imine (C=N–C) groups is 1. The molecule has 2 N–H and O–H groups in total. The van der Waals surface area contributed by atoms with Crippen molar-refractivity contribution in [2.24, 2.45) is 4.99 Å². The van der Waals surface area contributed by atoms with E-state index < -0.39 is 0 Å². The van der Waals surface area contributed by atoms with Crippen molar-refractivity contribution in [3.63, 3.8) is 0 Å². The molecule has 1 aromatic carbocycles. The van der Waals surface area contributed by atoms with Crippen molar-refractivity contribution in [1.29, 1.82) is 0 Å². The molecule has 0 radical (unpaired) electrons. The summed E-state index contributed by atoms with van der Waals surface area (Å²) in [5.41, 5.74) is 3.46. The SMILES string of the molecule is CN=C(NCc1ccc(C)cc1)NCc1cccnc1OC. The summed E-state index contributed by atoms with van der Waals surface area (Å²) in [5.74, 6) is 1.37. The highest BCUT2D eigenvalue weighted by atomic mass is 16.5. The predicted octanol–water partition coefficient (Wildman–Crippen LogP) is 2.26. The van der Waals surface area contributed by atoms with Crippen molar-refractivity contribution < 1.29 is 4.74 Å². The van der Waals surface area contributed by atoms with Gasteiger partial charge in [-0.1, -0.05) is 35.9 Å². The van der Waals surface area contributed by atoms with Crippen LogP contribution in [0.25, 0.3) is 0 Å². The molecule has 0 aliphatic heterocycles. The molecule has 0 spiro atoms. The van der Waals surface area contributed by atoms with Crippen molar-refractivity contribution in [2.45, 2.75) is 20.0 Å². The summed E-state index contributed by atoms with van der Waals surface area (Å²) in [6, 6.07) is 12.3. The van der Waals surface area contributed by atoms with Crippen molar-refractivity contribution in [1.82, 2.24) is 15.6 Å². The summed E-state index contributed by atoms with van der Waals surface area (Å²) in [6.45, 7) is 3.41. The first kappa shape index (κ1) is 15.8. The number of aryl methyl sites for hydroxylation is 1. The number of pyridine rings is 1. The van der Waals surface area contributed by atoms with Crippen LogP contribution in [0.2, 0.25) is 0 Å². The van der Waals surface area contributed by atoms with Crippen molar-refractivity contribution in [2.75, 3.05) is 14.2 Å². The lowest BCUT2D eigenvalue weighted by Gasteiger charge is -2.13. The minimum Gasteiger partial charge on any atom is -0.481 e. The Morgan fingerprint density at radius 1 is 1.14 bits per heavy atom. The lowest BCUT2D eigenvalue weighted by Crippen LogP contribution is -2.36. The number of ether oxygens (including phenoxy) is 1. The van der Waals surface area contributed by atoms with Crippen LogP contribution in [0.15, 0.2) is 47.6 Å². The van der Waals surface area contributed by atoms with Gasteiger partial charge in [-0.2, -0.15) is 0 Å². The van der Waals surface area contributed by atoms with Crippen LogP contribution in [0.5, 0.6) is 5.88 Å².